The average Bonchev–Trinajstić information content (AvgIpc) is 2.16. The predicted octanol–water partition coefficient (Wildman–Crippen LogP) is 3.06. The second-order valence-corrected chi connectivity index (χ2v) is 5.26. The Bertz CT molecular complexity index is 344. The van der Waals surface area contributed by atoms with E-state index >= 15 is 0 Å². The van der Waals surface area contributed by atoms with Crippen molar-refractivity contribution in [2.24, 2.45) is 5.41 Å². The first-order chi connectivity index (χ1) is 7.38. The van der Waals surface area contributed by atoms with Gasteiger partial charge in [-0.25, -0.2) is 4.39 Å². The van der Waals surface area contributed by atoms with Gasteiger partial charge in [0.2, 0.25) is 0 Å². The van der Waals surface area contributed by atoms with Crippen LogP contribution >= 0.6 is 0 Å². The standard InChI is InChI=1S/C13H20FNO/c1-13(2,3)6-7-15-9-10-8-11(14)4-5-12(10)16/h4-5,8,15-16H,6-7,9H2,1-3H3. The number of hydrogen-bond donors (Lipinski definition) is 2. The monoisotopic (exact) mass is 225 g/mol. The molecule has 3 heteroatoms. The maximum absolute atomic E-state index is 12.9. The van der Waals surface area contributed by atoms with Gasteiger partial charge in [0.1, 0.15) is 11.6 Å². The van der Waals surface area contributed by atoms with Crippen LogP contribution in [0.4, 0.5) is 4.39 Å². The van der Waals surface area contributed by atoms with Gasteiger partial charge in [-0.05, 0) is 36.6 Å². The van der Waals surface area contributed by atoms with E-state index in [9.17, 15) is 9.50 Å². The molecule has 0 spiro atoms. The fraction of sp³-hybridized carbons (Fsp3) is 0.538. The Morgan fingerprint density at radius 2 is 2.00 bits per heavy atom. The van der Waals surface area contributed by atoms with E-state index in [0.29, 0.717) is 12.1 Å². The Morgan fingerprint density at radius 1 is 1.31 bits per heavy atom. The molecule has 0 heterocycles. The third kappa shape index (κ3) is 4.62. The van der Waals surface area contributed by atoms with Crippen molar-refractivity contribution in [2.45, 2.75) is 33.7 Å². The maximum atomic E-state index is 12.9. The molecule has 0 saturated heterocycles. The van der Waals surface area contributed by atoms with Crippen LogP contribution in [0, 0.1) is 11.2 Å². The van der Waals surface area contributed by atoms with Crippen molar-refractivity contribution in [1.29, 1.82) is 0 Å². The minimum Gasteiger partial charge on any atom is -0.508 e. The summed E-state index contributed by atoms with van der Waals surface area (Å²) >= 11 is 0. The van der Waals surface area contributed by atoms with Gasteiger partial charge in [0.25, 0.3) is 0 Å². The van der Waals surface area contributed by atoms with Crippen LogP contribution in [0.2, 0.25) is 0 Å². The highest BCUT2D eigenvalue weighted by molar-refractivity contribution is 5.32. The van der Waals surface area contributed by atoms with Crippen molar-refractivity contribution < 1.29 is 9.50 Å². The quantitative estimate of drug-likeness (QED) is 0.772. The van der Waals surface area contributed by atoms with Crippen LogP contribution in [-0.2, 0) is 6.54 Å². The SMILES string of the molecule is CC(C)(C)CCNCc1cc(F)ccc1O. The normalized spacial score (nSPS) is 11.8. The molecule has 0 amide bonds. The Morgan fingerprint density at radius 3 is 2.62 bits per heavy atom. The van der Waals surface area contributed by atoms with Crippen LogP contribution in [0.15, 0.2) is 18.2 Å². The Labute approximate surface area is 96.5 Å². The molecule has 90 valence electrons. The summed E-state index contributed by atoms with van der Waals surface area (Å²) in [5, 5.41) is 12.7. The van der Waals surface area contributed by atoms with Crippen molar-refractivity contribution in [3.05, 3.63) is 29.6 Å². The molecule has 0 aliphatic heterocycles. The van der Waals surface area contributed by atoms with Crippen molar-refractivity contribution in [3.63, 3.8) is 0 Å². The molecular formula is C13H20FNO. The van der Waals surface area contributed by atoms with Gasteiger partial charge in [-0.2, -0.15) is 0 Å². The van der Waals surface area contributed by atoms with E-state index in [2.05, 4.69) is 26.1 Å². The molecule has 0 bridgehead atoms. The lowest BCUT2D eigenvalue weighted by molar-refractivity contribution is 0.365. The van der Waals surface area contributed by atoms with Crippen LogP contribution in [0.3, 0.4) is 0 Å². The van der Waals surface area contributed by atoms with Crippen molar-refractivity contribution in [3.8, 4) is 5.75 Å². The number of halogens is 1. The number of aromatic hydroxyl groups is 1. The molecule has 0 atom stereocenters. The number of phenolic OH excluding ortho intramolecular Hbond substituents is 1. The molecule has 0 saturated carbocycles. The topological polar surface area (TPSA) is 32.3 Å². The number of hydrogen-bond acceptors (Lipinski definition) is 2. The molecule has 1 aromatic rings. The smallest absolute Gasteiger partial charge is 0.123 e. The lowest BCUT2D eigenvalue weighted by Gasteiger charge is -2.18. The molecule has 2 N–H and O–H groups in total. The summed E-state index contributed by atoms with van der Waals surface area (Å²) < 4.78 is 12.9. The van der Waals surface area contributed by atoms with Gasteiger partial charge in [0.15, 0.2) is 0 Å². The van der Waals surface area contributed by atoms with Crippen LogP contribution in [0.25, 0.3) is 0 Å². The number of phenols is 1. The van der Waals surface area contributed by atoms with Gasteiger partial charge in [-0.1, -0.05) is 20.8 Å². The van der Waals surface area contributed by atoms with Crippen LogP contribution < -0.4 is 5.32 Å². The van der Waals surface area contributed by atoms with E-state index in [4.69, 9.17) is 0 Å². The van der Waals surface area contributed by atoms with Gasteiger partial charge in [0, 0.05) is 12.1 Å². The summed E-state index contributed by atoms with van der Waals surface area (Å²) in [5.74, 6) is -0.171. The first-order valence-corrected chi connectivity index (χ1v) is 5.56. The summed E-state index contributed by atoms with van der Waals surface area (Å²) in [6, 6.07) is 4.00. The van der Waals surface area contributed by atoms with E-state index in [1.807, 2.05) is 0 Å². The molecule has 0 unspecified atom stereocenters. The summed E-state index contributed by atoms with van der Waals surface area (Å²) in [6.45, 7) is 7.89. The Balaban J connectivity index is 2.40. The van der Waals surface area contributed by atoms with E-state index in [-0.39, 0.29) is 17.0 Å². The second kappa shape index (κ2) is 5.30. The van der Waals surface area contributed by atoms with Crippen molar-refractivity contribution in [2.75, 3.05) is 6.54 Å². The molecule has 1 rings (SSSR count). The van der Waals surface area contributed by atoms with E-state index in [0.717, 1.165) is 13.0 Å². The molecule has 2 nitrogen and oxygen atoms in total. The predicted molar refractivity (Wildman–Crippen MR) is 63.8 cm³/mol. The first kappa shape index (κ1) is 13.0. The highest BCUT2D eigenvalue weighted by atomic mass is 19.1. The second-order valence-electron chi connectivity index (χ2n) is 5.26. The van der Waals surface area contributed by atoms with Crippen molar-refractivity contribution >= 4 is 0 Å². The molecular weight excluding hydrogens is 205 g/mol. The zero-order valence-corrected chi connectivity index (χ0v) is 10.2. The van der Waals surface area contributed by atoms with E-state index in [1.54, 1.807) is 0 Å². The molecule has 0 aromatic heterocycles. The molecule has 0 radical (unpaired) electrons. The third-order valence-electron chi connectivity index (χ3n) is 2.41. The average molecular weight is 225 g/mol. The first-order valence-electron chi connectivity index (χ1n) is 5.56. The Kier molecular flexibility index (Phi) is 4.30. The highest BCUT2D eigenvalue weighted by Crippen LogP contribution is 2.19. The van der Waals surface area contributed by atoms with E-state index < -0.39 is 0 Å². The highest BCUT2D eigenvalue weighted by Gasteiger charge is 2.09. The lowest BCUT2D eigenvalue weighted by Crippen LogP contribution is -2.20. The van der Waals surface area contributed by atoms with Crippen molar-refractivity contribution in [1.82, 2.24) is 5.32 Å². The third-order valence-corrected chi connectivity index (χ3v) is 2.41. The van der Waals surface area contributed by atoms with Gasteiger partial charge in [-0.15, -0.1) is 0 Å². The Hall–Kier alpha value is -1.09. The molecule has 16 heavy (non-hydrogen) atoms. The fourth-order valence-corrected chi connectivity index (χ4v) is 1.38. The van der Waals surface area contributed by atoms with Gasteiger partial charge >= 0.3 is 0 Å². The number of benzene rings is 1. The zero-order valence-electron chi connectivity index (χ0n) is 10.2. The summed E-state index contributed by atoms with van der Waals surface area (Å²) in [6.07, 6.45) is 1.04. The summed E-state index contributed by atoms with van der Waals surface area (Å²) in [5.41, 5.74) is 0.894. The zero-order chi connectivity index (χ0) is 12.2. The number of rotatable bonds is 4. The molecule has 0 fully saturated rings. The summed E-state index contributed by atoms with van der Waals surface area (Å²) in [4.78, 5) is 0. The minimum atomic E-state index is -0.314. The molecule has 0 aliphatic rings. The van der Waals surface area contributed by atoms with Gasteiger partial charge in [0.05, 0.1) is 0 Å². The molecule has 0 aliphatic carbocycles. The fourth-order valence-electron chi connectivity index (χ4n) is 1.38. The number of nitrogens with one attached hydrogen (secondary N) is 1. The van der Waals surface area contributed by atoms with Crippen LogP contribution in [0.5, 0.6) is 5.75 Å². The lowest BCUT2D eigenvalue weighted by atomic mass is 9.92. The minimum absolute atomic E-state index is 0.143. The van der Waals surface area contributed by atoms with E-state index in [1.165, 1.54) is 18.2 Å². The van der Waals surface area contributed by atoms with Gasteiger partial charge < -0.3 is 10.4 Å². The molecule has 1 aromatic carbocycles. The van der Waals surface area contributed by atoms with Gasteiger partial charge in [-0.3, -0.25) is 0 Å². The largest absolute Gasteiger partial charge is 0.508 e. The summed E-state index contributed by atoms with van der Waals surface area (Å²) in [7, 11) is 0. The maximum Gasteiger partial charge on any atom is 0.123 e. The van der Waals surface area contributed by atoms with Crippen LogP contribution in [-0.4, -0.2) is 11.7 Å². The van der Waals surface area contributed by atoms with Crippen LogP contribution in [0.1, 0.15) is 32.8 Å².